The molecule has 2 aliphatic heterocycles. The highest BCUT2D eigenvalue weighted by Gasteiger charge is 2.35. The standard InChI is InChI=1S/C20H17NO4/c1-12-17-14(11-23-20(17)22)13(7-3-2-6-10-21)19-18(12)24-15-8-4-5-9-16(15)25-19/h4-5,8-9H,2-3,6-7,11H2,1H3. The minimum atomic E-state index is -0.309. The van der Waals surface area contributed by atoms with Crippen LogP contribution in [0.2, 0.25) is 0 Å². The zero-order chi connectivity index (χ0) is 17.4. The summed E-state index contributed by atoms with van der Waals surface area (Å²) in [5.41, 5.74) is 3.19. The topological polar surface area (TPSA) is 68.6 Å². The van der Waals surface area contributed by atoms with Gasteiger partial charge in [-0.25, -0.2) is 4.79 Å². The fraction of sp³-hybridized carbons (Fsp3) is 0.300. The molecule has 126 valence electrons. The van der Waals surface area contributed by atoms with Crippen LogP contribution in [0.25, 0.3) is 0 Å². The van der Waals surface area contributed by atoms with E-state index in [0.717, 1.165) is 36.0 Å². The molecule has 0 atom stereocenters. The molecule has 0 aromatic heterocycles. The summed E-state index contributed by atoms with van der Waals surface area (Å²) >= 11 is 0. The predicted octanol–water partition coefficient (Wildman–Crippen LogP) is 4.80. The Kier molecular flexibility index (Phi) is 3.81. The molecule has 0 spiro atoms. The van der Waals surface area contributed by atoms with Gasteiger partial charge in [0.1, 0.15) is 6.61 Å². The Hall–Kier alpha value is -3.00. The third kappa shape index (κ3) is 2.51. The average molecular weight is 335 g/mol. The van der Waals surface area contributed by atoms with Gasteiger partial charge in [0.15, 0.2) is 23.0 Å². The second-order valence-electron chi connectivity index (χ2n) is 6.21. The van der Waals surface area contributed by atoms with Crippen LogP contribution in [0.4, 0.5) is 0 Å². The van der Waals surface area contributed by atoms with Gasteiger partial charge in [-0.15, -0.1) is 0 Å². The van der Waals surface area contributed by atoms with Crippen molar-refractivity contribution < 1.29 is 19.0 Å². The van der Waals surface area contributed by atoms with Crippen LogP contribution in [-0.4, -0.2) is 5.97 Å². The Morgan fingerprint density at radius 2 is 1.84 bits per heavy atom. The molecule has 0 bridgehead atoms. The number of esters is 1. The minimum absolute atomic E-state index is 0.265. The molecule has 0 aliphatic carbocycles. The molecule has 2 aromatic carbocycles. The van der Waals surface area contributed by atoms with Crippen molar-refractivity contribution >= 4 is 5.97 Å². The van der Waals surface area contributed by atoms with Crippen molar-refractivity contribution in [1.29, 1.82) is 5.26 Å². The quantitative estimate of drug-likeness (QED) is 0.506. The molecule has 0 unspecified atom stereocenters. The third-order valence-corrected chi connectivity index (χ3v) is 4.65. The molecule has 0 saturated carbocycles. The van der Waals surface area contributed by atoms with E-state index >= 15 is 0 Å². The summed E-state index contributed by atoms with van der Waals surface area (Å²) in [5, 5.41) is 8.73. The lowest BCUT2D eigenvalue weighted by Crippen LogP contribution is -2.09. The minimum Gasteiger partial charge on any atom is -0.457 e. The Bertz CT molecular complexity index is 911. The SMILES string of the molecule is Cc1c2c(c(CCCCC#N)c3c1C(=O)OC3)Oc1ccccc1O2. The summed E-state index contributed by atoms with van der Waals surface area (Å²) in [5.74, 6) is 2.26. The van der Waals surface area contributed by atoms with Crippen LogP contribution in [-0.2, 0) is 17.8 Å². The first kappa shape index (κ1) is 15.5. The van der Waals surface area contributed by atoms with Crippen LogP contribution in [0.1, 0.15) is 46.3 Å². The number of nitriles is 1. The van der Waals surface area contributed by atoms with E-state index in [0.29, 0.717) is 35.0 Å². The number of nitrogens with zero attached hydrogens (tertiary/aromatic N) is 1. The van der Waals surface area contributed by atoms with Crippen LogP contribution in [0.15, 0.2) is 24.3 Å². The van der Waals surface area contributed by atoms with Crippen LogP contribution >= 0.6 is 0 Å². The van der Waals surface area contributed by atoms with Gasteiger partial charge in [0.05, 0.1) is 11.6 Å². The fourth-order valence-electron chi connectivity index (χ4n) is 3.42. The number of hydrogen-bond acceptors (Lipinski definition) is 5. The van der Waals surface area contributed by atoms with Crippen LogP contribution in [0, 0.1) is 18.3 Å². The van der Waals surface area contributed by atoms with Crippen molar-refractivity contribution in [3.8, 4) is 29.1 Å². The summed E-state index contributed by atoms with van der Waals surface area (Å²) < 4.78 is 17.5. The predicted molar refractivity (Wildman–Crippen MR) is 90.1 cm³/mol. The van der Waals surface area contributed by atoms with Crippen molar-refractivity contribution in [1.82, 2.24) is 0 Å². The molecule has 2 heterocycles. The lowest BCUT2D eigenvalue weighted by atomic mass is 9.92. The first-order chi connectivity index (χ1) is 12.2. The summed E-state index contributed by atoms with van der Waals surface area (Å²) in [7, 11) is 0. The van der Waals surface area contributed by atoms with Gasteiger partial charge in [-0.05, 0) is 38.3 Å². The molecule has 2 aliphatic rings. The molecule has 5 nitrogen and oxygen atoms in total. The van der Waals surface area contributed by atoms with E-state index < -0.39 is 0 Å². The molecule has 5 heteroatoms. The third-order valence-electron chi connectivity index (χ3n) is 4.65. The highest BCUT2D eigenvalue weighted by Crippen LogP contribution is 2.52. The number of carbonyl (C=O) groups excluding carboxylic acids is 1. The van der Waals surface area contributed by atoms with Gasteiger partial charge < -0.3 is 14.2 Å². The highest BCUT2D eigenvalue weighted by molar-refractivity contribution is 5.97. The molecule has 2 aromatic rings. The van der Waals surface area contributed by atoms with Gasteiger partial charge in [0.25, 0.3) is 0 Å². The summed E-state index contributed by atoms with van der Waals surface area (Å²) in [4.78, 5) is 12.2. The monoisotopic (exact) mass is 335 g/mol. The lowest BCUT2D eigenvalue weighted by molar-refractivity contribution is 0.0534. The van der Waals surface area contributed by atoms with Crippen molar-refractivity contribution in [2.75, 3.05) is 0 Å². The van der Waals surface area contributed by atoms with Gasteiger partial charge in [0, 0.05) is 23.1 Å². The highest BCUT2D eigenvalue weighted by atomic mass is 16.6. The normalized spacial score (nSPS) is 13.7. The van der Waals surface area contributed by atoms with E-state index in [1.54, 1.807) is 0 Å². The number of rotatable bonds is 4. The smallest absolute Gasteiger partial charge is 0.339 e. The maximum atomic E-state index is 12.2. The Labute approximate surface area is 145 Å². The van der Waals surface area contributed by atoms with E-state index in [1.807, 2.05) is 31.2 Å². The number of cyclic esters (lactones) is 1. The van der Waals surface area contributed by atoms with Gasteiger partial charge in [-0.2, -0.15) is 5.26 Å². The van der Waals surface area contributed by atoms with Gasteiger partial charge >= 0.3 is 5.97 Å². The van der Waals surface area contributed by atoms with E-state index in [2.05, 4.69) is 6.07 Å². The Morgan fingerprint density at radius 3 is 2.56 bits per heavy atom. The molecular weight excluding hydrogens is 318 g/mol. The molecular formula is C20H17NO4. The van der Waals surface area contributed by atoms with E-state index in [-0.39, 0.29) is 12.6 Å². The van der Waals surface area contributed by atoms with Crippen molar-refractivity contribution in [2.24, 2.45) is 0 Å². The summed E-state index contributed by atoms with van der Waals surface area (Å²) in [6, 6.07) is 9.65. The second kappa shape index (κ2) is 6.14. The first-order valence-corrected chi connectivity index (χ1v) is 8.38. The maximum Gasteiger partial charge on any atom is 0.339 e. The Balaban J connectivity index is 1.81. The molecule has 0 radical (unpaired) electrons. The number of unbranched alkanes of at least 4 members (excludes halogenated alkanes) is 2. The van der Waals surface area contributed by atoms with Crippen molar-refractivity contribution in [3.63, 3.8) is 0 Å². The van der Waals surface area contributed by atoms with Gasteiger partial charge in [0.2, 0.25) is 0 Å². The molecule has 0 amide bonds. The fourth-order valence-corrected chi connectivity index (χ4v) is 3.42. The average Bonchev–Trinajstić information content (AvgIpc) is 3.01. The van der Waals surface area contributed by atoms with Crippen LogP contribution in [0.5, 0.6) is 23.0 Å². The zero-order valence-corrected chi connectivity index (χ0v) is 13.9. The largest absolute Gasteiger partial charge is 0.457 e. The number of ether oxygens (including phenoxy) is 3. The Morgan fingerprint density at radius 1 is 1.12 bits per heavy atom. The number of carbonyl (C=O) groups is 1. The summed E-state index contributed by atoms with van der Waals surface area (Å²) in [6.07, 6.45) is 2.88. The number of benzene rings is 2. The van der Waals surface area contributed by atoms with E-state index in [9.17, 15) is 4.79 Å². The van der Waals surface area contributed by atoms with Crippen molar-refractivity contribution in [2.45, 2.75) is 39.2 Å². The first-order valence-electron chi connectivity index (χ1n) is 8.38. The molecule has 4 rings (SSSR count). The second-order valence-corrected chi connectivity index (χ2v) is 6.21. The molecule has 0 saturated heterocycles. The zero-order valence-electron chi connectivity index (χ0n) is 13.9. The summed E-state index contributed by atoms with van der Waals surface area (Å²) in [6.45, 7) is 2.13. The van der Waals surface area contributed by atoms with Crippen LogP contribution < -0.4 is 9.47 Å². The number of para-hydroxylation sites is 2. The molecule has 0 fully saturated rings. The molecule has 0 N–H and O–H groups in total. The molecule has 25 heavy (non-hydrogen) atoms. The van der Waals surface area contributed by atoms with Crippen LogP contribution in [0.3, 0.4) is 0 Å². The number of hydrogen-bond donors (Lipinski definition) is 0. The van der Waals surface area contributed by atoms with Gasteiger partial charge in [-0.1, -0.05) is 12.1 Å². The lowest BCUT2D eigenvalue weighted by Gasteiger charge is -2.26. The van der Waals surface area contributed by atoms with E-state index in [4.69, 9.17) is 19.5 Å². The van der Waals surface area contributed by atoms with E-state index in [1.165, 1.54) is 0 Å². The number of fused-ring (bicyclic) bond motifs is 3. The van der Waals surface area contributed by atoms with Crippen molar-refractivity contribution in [3.05, 3.63) is 46.5 Å². The van der Waals surface area contributed by atoms with Gasteiger partial charge in [-0.3, -0.25) is 0 Å². The maximum absolute atomic E-state index is 12.2.